The molecule has 0 radical (unpaired) electrons. The zero-order valence-electron chi connectivity index (χ0n) is 8.52. The summed E-state index contributed by atoms with van der Waals surface area (Å²) in [5.41, 5.74) is 0. The van der Waals surface area contributed by atoms with Crippen LogP contribution in [0.15, 0.2) is 0 Å². The molecule has 0 rings (SSSR count). The number of carbonyl (C=O) groups is 2. The molecule has 0 spiro atoms. The van der Waals surface area contributed by atoms with Gasteiger partial charge in [-0.1, -0.05) is 0 Å². The van der Waals surface area contributed by atoms with Crippen LogP contribution in [0, 0.1) is 0 Å². The van der Waals surface area contributed by atoms with Gasteiger partial charge in [-0.2, -0.15) is 0 Å². The van der Waals surface area contributed by atoms with E-state index in [1.807, 2.05) is 0 Å². The van der Waals surface area contributed by atoms with Gasteiger partial charge in [-0.15, -0.1) is 0 Å². The van der Waals surface area contributed by atoms with E-state index in [4.69, 9.17) is 0 Å². The van der Waals surface area contributed by atoms with Gasteiger partial charge in [-0.3, -0.25) is 0 Å². The Bertz CT molecular complexity index is 76.6. The second-order valence-corrected chi connectivity index (χ2v) is 1.82. The first-order valence-corrected chi connectivity index (χ1v) is 2.41. The molecule has 0 unspecified atom stereocenters. The fourth-order valence-corrected chi connectivity index (χ4v) is 0. The standard InChI is InChI=1S/2C3H6O.Mg.2H/c2*1-3(2)4;;;/h2*1-2H3;;;/q;;+2;2*-1. The fourth-order valence-electron chi connectivity index (χ4n) is 0. The van der Waals surface area contributed by atoms with Crippen molar-refractivity contribution in [2.75, 3.05) is 0 Å². The van der Waals surface area contributed by atoms with E-state index in [0.717, 1.165) is 0 Å². The second kappa shape index (κ2) is 11.0. The molecule has 0 aromatic heterocycles. The minimum Gasteiger partial charge on any atom is -1.00 e. The van der Waals surface area contributed by atoms with Crippen LogP contribution in [0.2, 0.25) is 0 Å². The zero-order valence-corrected chi connectivity index (χ0v) is 7.94. The average Bonchev–Trinajstić information content (AvgIpc) is 1.25. The van der Waals surface area contributed by atoms with E-state index in [2.05, 4.69) is 0 Å². The molecular weight excluding hydrogens is 128 g/mol. The minimum absolute atomic E-state index is 0. The second-order valence-electron chi connectivity index (χ2n) is 1.82. The zero-order chi connectivity index (χ0) is 7.15. The topological polar surface area (TPSA) is 34.1 Å². The molecule has 52 valence electrons. The normalized spacial score (nSPS) is 5.78. The molecular formula is C6H14MgO2. The third-order valence-corrected chi connectivity index (χ3v) is 0. The van der Waals surface area contributed by atoms with Crippen LogP contribution in [0.1, 0.15) is 30.5 Å². The van der Waals surface area contributed by atoms with E-state index >= 15 is 0 Å². The molecule has 0 amide bonds. The quantitative estimate of drug-likeness (QED) is 0.474. The van der Waals surface area contributed by atoms with Gasteiger partial charge in [0.05, 0.1) is 0 Å². The Hall–Kier alpha value is 0.106. The number of rotatable bonds is 0. The van der Waals surface area contributed by atoms with E-state index in [1.54, 1.807) is 0 Å². The van der Waals surface area contributed by atoms with Crippen molar-refractivity contribution >= 4 is 34.6 Å². The van der Waals surface area contributed by atoms with E-state index in [1.165, 1.54) is 27.7 Å². The third-order valence-electron chi connectivity index (χ3n) is 0. The molecule has 0 N–H and O–H groups in total. The number of hydrogen-bond donors (Lipinski definition) is 0. The molecule has 9 heavy (non-hydrogen) atoms. The van der Waals surface area contributed by atoms with Crippen molar-refractivity contribution in [3.63, 3.8) is 0 Å². The first-order valence-electron chi connectivity index (χ1n) is 2.41. The summed E-state index contributed by atoms with van der Waals surface area (Å²) in [5, 5.41) is 0. The molecule has 0 aliphatic heterocycles. The van der Waals surface area contributed by atoms with Gasteiger partial charge < -0.3 is 12.4 Å². The molecule has 0 aromatic carbocycles. The molecule has 0 saturated carbocycles. The van der Waals surface area contributed by atoms with Crippen LogP contribution in [-0.4, -0.2) is 34.6 Å². The predicted molar refractivity (Wildman–Crippen MR) is 40.7 cm³/mol. The van der Waals surface area contributed by atoms with Crippen molar-refractivity contribution in [3.8, 4) is 0 Å². The van der Waals surface area contributed by atoms with Crippen molar-refractivity contribution in [2.45, 2.75) is 27.7 Å². The molecule has 0 saturated heterocycles. The summed E-state index contributed by atoms with van der Waals surface area (Å²) in [6.45, 7) is 6.11. The van der Waals surface area contributed by atoms with Crippen LogP contribution in [0.3, 0.4) is 0 Å². The SMILES string of the molecule is CC(C)=O.CC(C)=O.[H-].[H-].[Mg+2]. The van der Waals surface area contributed by atoms with Crippen LogP contribution in [-0.2, 0) is 9.59 Å². The average molecular weight is 142 g/mol. The van der Waals surface area contributed by atoms with Crippen LogP contribution < -0.4 is 0 Å². The van der Waals surface area contributed by atoms with Crippen LogP contribution >= 0.6 is 0 Å². The number of carbonyl (C=O) groups excluding carboxylic acids is 2. The van der Waals surface area contributed by atoms with Gasteiger partial charge in [0.25, 0.3) is 0 Å². The Morgan fingerprint density at radius 3 is 0.889 bits per heavy atom. The Balaban J connectivity index is -0.0000000171. The summed E-state index contributed by atoms with van der Waals surface area (Å²) in [6, 6.07) is 0. The van der Waals surface area contributed by atoms with Crippen molar-refractivity contribution in [1.82, 2.24) is 0 Å². The van der Waals surface area contributed by atoms with Crippen LogP contribution in [0.4, 0.5) is 0 Å². The summed E-state index contributed by atoms with van der Waals surface area (Å²) in [5.74, 6) is 0.333. The van der Waals surface area contributed by atoms with Gasteiger partial charge in [0, 0.05) is 0 Å². The Morgan fingerprint density at radius 2 is 0.889 bits per heavy atom. The van der Waals surface area contributed by atoms with E-state index in [9.17, 15) is 9.59 Å². The van der Waals surface area contributed by atoms with E-state index < -0.39 is 0 Å². The smallest absolute Gasteiger partial charge is 1.00 e. The summed E-state index contributed by atoms with van der Waals surface area (Å²) in [4.78, 5) is 18.9. The molecule has 2 nitrogen and oxygen atoms in total. The van der Waals surface area contributed by atoms with Gasteiger partial charge in [0.1, 0.15) is 11.6 Å². The van der Waals surface area contributed by atoms with Crippen molar-refractivity contribution < 1.29 is 12.4 Å². The fraction of sp³-hybridized carbons (Fsp3) is 0.667. The molecule has 0 fully saturated rings. The van der Waals surface area contributed by atoms with E-state index in [-0.39, 0.29) is 37.5 Å². The number of hydrogen-bond acceptors (Lipinski definition) is 2. The molecule has 3 heteroatoms. The molecule has 0 heterocycles. The Morgan fingerprint density at radius 1 is 0.889 bits per heavy atom. The molecule has 0 atom stereocenters. The number of Topliss-reactive ketones (excluding diaryl/α,β-unsaturated/α-hetero) is 2. The first-order chi connectivity index (χ1) is 3.46. The Labute approximate surface area is 75.1 Å². The van der Waals surface area contributed by atoms with Crippen LogP contribution in [0.5, 0.6) is 0 Å². The van der Waals surface area contributed by atoms with Crippen molar-refractivity contribution in [2.24, 2.45) is 0 Å². The van der Waals surface area contributed by atoms with Crippen molar-refractivity contribution in [1.29, 1.82) is 0 Å². The first kappa shape index (κ1) is 16.0. The maximum absolute atomic E-state index is 9.44. The van der Waals surface area contributed by atoms with Crippen LogP contribution in [0.25, 0.3) is 0 Å². The van der Waals surface area contributed by atoms with Gasteiger partial charge in [0.15, 0.2) is 0 Å². The summed E-state index contributed by atoms with van der Waals surface area (Å²) in [6.07, 6.45) is 0. The minimum atomic E-state index is 0. The largest absolute Gasteiger partial charge is 2.00 e. The summed E-state index contributed by atoms with van der Waals surface area (Å²) < 4.78 is 0. The summed E-state index contributed by atoms with van der Waals surface area (Å²) >= 11 is 0. The van der Waals surface area contributed by atoms with Gasteiger partial charge in [-0.05, 0) is 27.7 Å². The monoisotopic (exact) mass is 142 g/mol. The molecule has 0 bridgehead atoms. The number of ketones is 2. The molecule has 0 aliphatic rings. The Kier molecular flexibility index (Phi) is 19.6. The predicted octanol–water partition coefficient (Wildman–Crippen LogP) is 1.03. The molecule has 0 aliphatic carbocycles. The van der Waals surface area contributed by atoms with Gasteiger partial charge in [-0.25, -0.2) is 0 Å². The van der Waals surface area contributed by atoms with E-state index in [0.29, 0.717) is 0 Å². The molecule has 0 aromatic rings. The van der Waals surface area contributed by atoms with Crippen molar-refractivity contribution in [3.05, 3.63) is 0 Å². The summed E-state index contributed by atoms with van der Waals surface area (Å²) in [7, 11) is 0. The third kappa shape index (κ3) is 26800. The maximum Gasteiger partial charge on any atom is 2.00 e. The van der Waals surface area contributed by atoms with Gasteiger partial charge >= 0.3 is 23.1 Å². The maximum atomic E-state index is 9.44. The van der Waals surface area contributed by atoms with Gasteiger partial charge in [0.2, 0.25) is 0 Å².